The van der Waals surface area contributed by atoms with Gasteiger partial charge in [0, 0.05) is 26.2 Å². The predicted molar refractivity (Wildman–Crippen MR) is 68.6 cm³/mol. The van der Waals surface area contributed by atoms with Gasteiger partial charge in [-0.05, 0) is 39.2 Å². The first-order valence-electron chi connectivity index (χ1n) is 7.02. The molecule has 5 nitrogen and oxygen atoms in total. The molecule has 1 saturated heterocycles. The highest BCUT2D eigenvalue weighted by Crippen LogP contribution is 2.23. The molecule has 0 aromatic heterocycles. The highest BCUT2D eigenvalue weighted by Gasteiger charge is 2.25. The van der Waals surface area contributed by atoms with Crippen molar-refractivity contribution in [2.24, 2.45) is 0 Å². The number of hydrogen-bond acceptors (Lipinski definition) is 4. The van der Waals surface area contributed by atoms with Gasteiger partial charge in [-0.2, -0.15) is 0 Å². The van der Waals surface area contributed by atoms with Crippen LogP contribution in [0.3, 0.4) is 0 Å². The molecule has 2 fully saturated rings. The van der Waals surface area contributed by atoms with Crippen LogP contribution in [-0.4, -0.2) is 56.0 Å². The fourth-order valence-corrected chi connectivity index (χ4v) is 2.16. The van der Waals surface area contributed by atoms with Crippen molar-refractivity contribution in [2.75, 3.05) is 32.8 Å². The maximum absolute atomic E-state index is 11.3. The van der Waals surface area contributed by atoms with E-state index in [1.165, 1.54) is 0 Å². The van der Waals surface area contributed by atoms with E-state index in [-0.39, 0.29) is 12.2 Å². The lowest BCUT2D eigenvalue weighted by Crippen LogP contribution is -2.34. The van der Waals surface area contributed by atoms with Crippen molar-refractivity contribution in [1.82, 2.24) is 10.2 Å². The van der Waals surface area contributed by atoms with Gasteiger partial charge in [-0.25, -0.2) is 4.79 Å². The Morgan fingerprint density at radius 2 is 2.33 bits per heavy atom. The van der Waals surface area contributed by atoms with Gasteiger partial charge in [0.05, 0.1) is 6.10 Å². The Hall–Kier alpha value is -0.810. The van der Waals surface area contributed by atoms with Gasteiger partial charge in [-0.1, -0.05) is 0 Å². The average molecular weight is 256 g/mol. The number of nitrogens with zero attached hydrogens (tertiary/aromatic N) is 1. The lowest BCUT2D eigenvalue weighted by Gasteiger charge is -2.21. The van der Waals surface area contributed by atoms with Gasteiger partial charge in [-0.15, -0.1) is 0 Å². The maximum atomic E-state index is 11.3. The number of nitrogens with one attached hydrogen (secondary N) is 1. The Bertz CT molecular complexity index is 269. The van der Waals surface area contributed by atoms with Gasteiger partial charge in [0.2, 0.25) is 0 Å². The van der Waals surface area contributed by atoms with Crippen molar-refractivity contribution in [3.63, 3.8) is 0 Å². The van der Waals surface area contributed by atoms with E-state index in [1.807, 2.05) is 0 Å². The molecule has 0 aromatic carbocycles. The second-order valence-corrected chi connectivity index (χ2v) is 5.22. The van der Waals surface area contributed by atoms with E-state index < -0.39 is 0 Å². The van der Waals surface area contributed by atoms with Crippen molar-refractivity contribution >= 4 is 6.09 Å². The van der Waals surface area contributed by atoms with Gasteiger partial charge in [-0.3, -0.25) is 0 Å². The number of ether oxygens (including phenoxy) is 2. The smallest absolute Gasteiger partial charge is 0.407 e. The normalized spacial score (nSPS) is 25.5. The van der Waals surface area contributed by atoms with Crippen molar-refractivity contribution < 1.29 is 14.3 Å². The Balaban J connectivity index is 1.52. The molecule has 1 aliphatic heterocycles. The Morgan fingerprint density at radius 3 is 3.11 bits per heavy atom. The molecule has 18 heavy (non-hydrogen) atoms. The highest BCUT2D eigenvalue weighted by atomic mass is 16.6. The summed E-state index contributed by atoms with van der Waals surface area (Å²) in [5.74, 6) is 0. The summed E-state index contributed by atoms with van der Waals surface area (Å²) in [5, 5.41) is 2.80. The van der Waals surface area contributed by atoms with E-state index >= 15 is 0 Å². The molecule has 1 N–H and O–H groups in total. The largest absolute Gasteiger partial charge is 0.446 e. The third-order valence-electron chi connectivity index (χ3n) is 3.25. The fraction of sp³-hybridized carbons (Fsp3) is 0.923. The van der Waals surface area contributed by atoms with E-state index in [9.17, 15) is 4.79 Å². The van der Waals surface area contributed by atoms with Crippen LogP contribution in [0.25, 0.3) is 0 Å². The van der Waals surface area contributed by atoms with Gasteiger partial charge in [0.25, 0.3) is 0 Å². The Kier molecular flexibility index (Phi) is 5.26. The van der Waals surface area contributed by atoms with Crippen LogP contribution in [0, 0.1) is 0 Å². The highest BCUT2D eigenvalue weighted by molar-refractivity contribution is 5.67. The second kappa shape index (κ2) is 6.95. The predicted octanol–water partition coefficient (Wildman–Crippen LogP) is 1.38. The van der Waals surface area contributed by atoms with Crippen molar-refractivity contribution in [3.8, 4) is 0 Å². The minimum Gasteiger partial charge on any atom is -0.446 e. The molecule has 0 aromatic rings. The zero-order valence-corrected chi connectivity index (χ0v) is 11.2. The fourth-order valence-electron chi connectivity index (χ4n) is 2.16. The van der Waals surface area contributed by atoms with Crippen molar-refractivity contribution in [2.45, 2.75) is 44.8 Å². The zero-order chi connectivity index (χ0) is 12.8. The van der Waals surface area contributed by atoms with E-state index in [0.29, 0.717) is 12.6 Å². The van der Waals surface area contributed by atoms with E-state index in [2.05, 4.69) is 17.1 Å². The quantitative estimate of drug-likeness (QED) is 0.755. The molecule has 1 heterocycles. The molecule has 1 saturated carbocycles. The third kappa shape index (κ3) is 5.23. The molecule has 2 aliphatic rings. The third-order valence-corrected chi connectivity index (χ3v) is 3.25. The molecular formula is C13H24N2O3. The second-order valence-electron chi connectivity index (χ2n) is 5.22. The standard InChI is InChI=1S/C13H24N2O3/c1-11-10-15(8-3-9-17-11)7-2-6-14-13(16)18-12-4-5-12/h11-12H,2-10H2,1H3,(H,14,16). The van der Waals surface area contributed by atoms with Crippen LogP contribution in [-0.2, 0) is 9.47 Å². The summed E-state index contributed by atoms with van der Waals surface area (Å²) in [4.78, 5) is 13.7. The van der Waals surface area contributed by atoms with Gasteiger partial charge in [0.1, 0.15) is 6.10 Å². The van der Waals surface area contributed by atoms with Crippen LogP contribution in [0.15, 0.2) is 0 Å². The molecule has 104 valence electrons. The van der Waals surface area contributed by atoms with E-state index in [0.717, 1.165) is 51.9 Å². The molecule has 0 spiro atoms. The molecule has 1 atom stereocenters. The van der Waals surface area contributed by atoms with Crippen molar-refractivity contribution in [3.05, 3.63) is 0 Å². The Labute approximate surface area is 109 Å². The molecule has 1 unspecified atom stereocenters. The minimum absolute atomic E-state index is 0.189. The zero-order valence-electron chi connectivity index (χ0n) is 11.2. The first-order valence-corrected chi connectivity index (χ1v) is 7.02. The van der Waals surface area contributed by atoms with Gasteiger partial charge < -0.3 is 19.7 Å². The monoisotopic (exact) mass is 256 g/mol. The van der Waals surface area contributed by atoms with Crippen LogP contribution in [0.1, 0.15) is 32.6 Å². The molecule has 2 rings (SSSR count). The van der Waals surface area contributed by atoms with Crippen LogP contribution in [0.5, 0.6) is 0 Å². The van der Waals surface area contributed by atoms with Crippen molar-refractivity contribution in [1.29, 1.82) is 0 Å². The summed E-state index contributed by atoms with van der Waals surface area (Å²) in [7, 11) is 0. The average Bonchev–Trinajstić information content (AvgIpc) is 3.13. The van der Waals surface area contributed by atoms with Gasteiger partial charge in [0.15, 0.2) is 0 Å². The minimum atomic E-state index is -0.259. The molecule has 1 amide bonds. The number of hydrogen-bond donors (Lipinski definition) is 1. The molecule has 5 heteroatoms. The van der Waals surface area contributed by atoms with E-state index in [1.54, 1.807) is 0 Å². The molecule has 0 radical (unpaired) electrons. The summed E-state index contributed by atoms with van der Waals surface area (Å²) in [5.41, 5.74) is 0. The first kappa shape index (κ1) is 13.6. The number of amides is 1. The molecule has 0 bridgehead atoms. The van der Waals surface area contributed by atoms with E-state index in [4.69, 9.17) is 9.47 Å². The topological polar surface area (TPSA) is 50.8 Å². The summed E-state index contributed by atoms with van der Waals surface area (Å²) in [6, 6.07) is 0. The SMILES string of the molecule is CC1CN(CCCNC(=O)OC2CC2)CCCO1. The number of alkyl carbamates (subject to hydrolysis) is 1. The summed E-state index contributed by atoms with van der Waals surface area (Å²) in [6.45, 7) is 6.77. The van der Waals surface area contributed by atoms with Crippen LogP contribution in [0.4, 0.5) is 4.79 Å². The number of rotatable bonds is 5. The molecular weight excluding hydrogens is 232 g/mol. The van der Waals surface area contributed by atoms with Gasteiger partial charge >= 0.3 is 6.09 Å². The number of carbonyl (C=O) groups is 1. The number of carbonyl (C=O) groups excluding carboxylic acids is 1. The first-order chi connectivity index (χ1) is 8.74. The summed E-state index contributed by atoms with van der Waals surface area (Å²) >= 11 is 0. The summed E-state index contributed by atoms with van der Waals surface area (Å²) in [6.07, 6.45) is 4.37. The summed E-state index contributed by atoms with van der Waals surface area (Å²) < 4.78 is 10.7. The Morgan fingerprint density at radius 1 is 1.50 bits per heavy atom. The van der Waals surface area contributed by atoms with Crippen LogP contribution < -0.4 is 5.32 Å². The lowest BCUT2D eigenvalue weighted by molar-refractivity contribution is 0.0675. The van der Waals surface area contributed by atoms with Crippen LogP contribution in [0.2, 0.25) is 0 Å². The van der Waals surface area contributed by atoms with Crippen LogP contribution >= 0.6 is 0 Å². The maximum Gasteiger partial charge on any atom is 0.407 e. The lowest BCUT2D eigenvalue weighted by atomic mass is 10.3. The molecule has 1 aliphatic carbocycles.